The zero-order chi connectivity index (χ0) is 15.4. The Morgan fingerprint density at radius 3 is 2.67 bits per heavy atom. The first-order valence-electron chi connectivity index (χ1n) is 6.37. The van der Waals surface area contributed by atoms with E-state index in [2.05, 4.69) is 5.32 Å². The van der Waals surface area contributed by atoms with Crippen LogP contribution in [0.1, 0.15) is 11.1 Å². The van der Waals surface area contributed by atoms with Crippen LogP contribution in [-0.4, -0.2) is 12.0 Å². The van der Waals surface area contributed by atoms with Crippen molar-refractivity contribution < 1.29 is 14.1 Å². The quantitative estimate of drug-likeness (QED) is 0.675. The first kappa shape index (κ1) is 14.9. The van der Waals surface area contributed by atoms with Gasteiger partial charge in [-0.25, -0.2) is 4.39 Å². The van der Waals surface area contributed by atoms with Gasteiger partial charge in [0.2, 0.25) is 0 Å². The maximum Gasteiger partial charge on any atom is 0.272 e. The summed E-state index contributed by atoms with van der Waals surface area (Å²) < 4.78 is 19.0. The number of hydrogen-bond acceptors (Lipinski definition) is 4. The number of nitrogens with zero attached hydrogens (tertiary/aromatic N) is 1. The van der Waals surface area contributed by atoms with Crippen LogP contribution < -0.4 is 10.1 Å². The third-order valence-corrected chi connectivity index (χ3v) is 2.98. The highest BCUT2D eigenvalue weighted by Gasteiger charge is 2.12. The van der Waals surface area contributed by atoms with Crippen LogP contribution in [0.5, 0.6) is 11.5 Å². The summed E-state index contributed by atoms with van der Waals surface area (Å²) in [5, 5.41) is 13.7. The zero-order valence-corrected chi connectivity index (χ0v) is 11.7. The van der Waals surface area contributed by atoms with Crippen molar-refractivity contribution in [2.45, 2.75) is 13.5 Å². The van der Waals surface area contributed by atoms with Crippen LogP contribution in [0.4, 0.5) is 10.1 Å². The fourth-order valence-corrected chi connectivity index (χ4v) is 2.00. The van der Waals surface area contributed by atoms with Gasteiger partial charge in [-0.05, 0) is 44.3 Å². The lowest BCUT2D eigenvalue weighted by Crippen LogP contribution is -2.06. The average Bonchev–Trinajstić information content (AvgIpc) is 2.42. The van der Waals surface area contributed by atoms with Crippen LogP contribution in [-0.2, 0) is 6.54 Å². The minimum absolute atomic E-state index is 0.0388. The van der Waals surface area contributed by atoms with E-state index in [-0.39, 0.29) is 11.5 Å². The maximum atomic E-state index is 13.3. The van der Waals surface area contributed by atoms with Gasteiger partial charge in [-0.15, -0.1) is 0 Å². The summed E-state index contributed by atoms with van der Waals surface area (Å²) in [6.45, 7) is 2.10. The van der Waals surface area contributed by atoms with E-state index in [0.29, 0.717) is 29.2 Å². The second-order valence-electron chi connectivity index (χ2n) is 4.59. The monoisotopic (exact) mass is 290 g/mol. The van der Waals surface area contributed by atoms with Gasteiger partial charge >= 0.3 is 0 Å². The van der Waals surface area contributed by atoms with Crippen LogP contribution in [0.15, 0.2) is 36.4 Å². The number of halogens is 1. The molecule has 0 aromatic heterocycles. The van der Waals surface area contributed by atoms with Crippen molar-refractivity contribution in [3.63, 3.8) is 0 Å². The molecule has 21 heavy (non-hydrogen) atoms. The number of ether oxygens (including phenoxy) is 1. The number of benzene rings is 2. The molecule has 1 N–H and O–H groups in total. The smallest absolute Gasteiger partial charge is 0.272 e. The highest BCUT2D eigenvalue weighted by Crippen LogP contribution is 2.29. The van der Waals surface area contributed by atoms with Crippen molar-refractivity contribution in [1.29, 1.82) is 0 Å². The van der Waals surface area contributed by atoms with Gasteiger partial charge in [-0.1, -0.05) is 0 Å². The molecule has 0 spiro atoms. The molecule has 0 radical (unpaired) electrons. The highest BCUT2D eigenvalue weighted by molar-refractivity contribution is 5.46. The largest absolute Gasteiger partial charge is 0.457 e. The Bertz CT molecular complexity index is 674. The number of rotatable bonds is 5. The molecule has 0 aliphatic rings. The van der Waals surface area contributed by atoms with Gasteiger partial charge in [-0.3, -0.25) is 10.1 Å². The van der Waals surface area contributed by atoms with Crippen LogP contribution in [0.3, 0.4) is 0 Å². The minimum atomic E-state index is -0.441. The van der Waals surface area contributed by atoms with Gasteiger partial charge in [-0.2, -0.15) is 0 Å². The van der Waals surface area contributed by atoms with Crippen molar-refractivity contribution in [2.24, 2.45) is 0 Å². The van der Waals surface area contributed by atoms with E-state index in [4.69, 9.17) is 4.74 Å². The van der Waals surface area contributed by atoms with Gasteiger partial charge in [0, 0.05) is 23.7 Å². The molecule has 6 heteroatoms. The first-order valence-corrected chi connectivity index (χ1v) is 6.37. The molecule has 0 heterocycles. The molecule has 0 saturated carbocycles. The molecule has 0 amide bonds. The van der Waals surface area contributed by atoms with Gasteiger partial charge in [0.15, 0.2) is 0 Å². The average molecular weight is 290 g/mol. The summed E-state index contributed by atoms with van der Waals surface area (Å²) in [6, 6.07) is 8.75. The summed E-state index contributed by atoms with van der Waals surface area (Å²) >= 11 is 0. The van der Waals surface area contributed by atoms with Gasteiger partial charge in [0.25, 0.3) is 5.69 Å². The van der Waals surface area contributed by atoms with Crippen LogP contribution >= 0.6 is 0 Å². The Morgan fingerprint density at radius 1 is 1.29 bits per heavy atom. The molecule has 5 nitrogen and oxygen atoms in total. The van der Waals surface area contributed by atoms with Crippen molar-refractivity contribution in [3.05, 3.63) is 63.5 Å². The second-order valence-corrected chi connectivity index (χ2v) is 4.59. The molecule has 2 rings (SSSR count). The highest BCUT2D eigenvalue weighted by atomic mass is 19.1. The molecule has 0 bridgehead atoms. The maximum absolute atomic E-state index is 13.3. The molecule has 0 aliphatic heterocycles. The molecular formula is C15H15FN2O3. The molecule has 0 aliphatic carbocycles. The van der Waals surface area contributed by atoms with E-state index in [9.17, 15) is 14.5 Å². The Balaban J connectivity index is 2.30. The summed E-state index contributed by atoms with van der Waals surface area (Å²) in [4.78, 5) is 10.3. The molecular weight excluding hydrogens is 275 g/mol. The topological polar surface area (TPSA) is 64.4 Å². The first-order chi connectivity index (χ1) is 10.0. The van der Waals surface area contributed by atoms with E-state index < -0.39 is 4.92 Å². The zero-order valence-electron chi connectivity index (χ0n) is 11.7. The number of nitrogens with one attached hydrogen (secondary N) is 1. The number of aryl methyl sites for hydroxylation is 1. The van der Waals surface area contributed by atoms with E-state index in [1.165, 1.54) is 24.3 Å². The molecule has 2 aromatic rings. The Kier molecular flexibility index (Phi) is 4.49. The second kappa shape index (κ2) is 6.32. The standard InChI is InChI=1S/C15H15FN2O3/c1-10-7-13(4-5-14(10)18(19)20)21-15-6-3-12(16)8-11(15)9-17-2/h3-8,17H,9H2,1-2H3. The minimum Gasteiger partial charge on any atom is -0.457 e. The lowest BCUT2D eigenvalue weighted by molar-refractivity contribution is -0.385. The van der Waals surface area contributed by atoms with Crippen molar-refractivity contribution >= 4 is 5.69 Å². The predicted octanol–water partition coefficient (Wildman–Crippen LogP) is 3.55. The van der Waals surface area contributed by atoms with E-state index in [1.807, 2.05) is 0 Å². The van der Waals surface area contributed by atoms with E-state index >= 15 is 0 Å². The lowest BCUT2D eigenvalue weighted by Gasteiger charge is -2.11. The third kappa shape index (κ3) is 3.55. The fourth-order valence-electron chi connectivity index (χ4n) is 2.00. The van der Waals surface area contributed by atoms with Gasteiger partial charge < -0.3 is 10.1 Å². The summed E-state index contributed by atoms with van der Waals surface area (Å²) in [5.41, 5.74) is 1.22. The number of hydrogen-bond donors (Lipinski definition) is 1. The van der Waals surface area contributed by atoms with Gasteiger partial charge in [0.05, 0.1) is 4.92 Å². The summed E-state index contributed by atoms with van der Waals surface area (Å²) in [6.07, 6.45) is 0. The van der Waals surface area contributed by atoms with Crippen molar-refractivity contribution in [3.8, 4) is 11.5 Å². The molecule has 110 valence electrons. The SMILES string of the molecule is CNCc1cc(F)ccc1Oc1ccc([N+](=O)[O-])c(C)c1. The van der Waals surface area contributed by atoms with Crippen LogP contribution in [0.25, 0.3) is 0 Å². The third-order valence-electron chi connectivity index (χ3n) is 2.98. The van der Waals surface area contributed by atoms with Crippen LogP contribution in [0, 0.1) is 22.9 Å². The summed E-state index contributed by atoms with van der Waals surface area (Å²) in [5.74, 6) is 0.647. The lowest BCUT2D eigenvalue weighted by atomic mass is 10.1. The van der Waals surface area contributed by atoms with Crippen molar-refractivity contribution in [2.75, 3.05) is 7.05 Å². The molecule has 0 saturated heterocycles. The van der Waals surface area contributed by atoms with E-state index in [0.717, 1.165) is 0 Å². The van der Waals surface area contributed by atoms with Crippen molar-refractivity contribution in [1.82, 2.24) is 5.32 Å². The van der Waals surface area contributed by atoms with Gasteiger partial charge in [0.1, 0.15) is 17.3 Å². The number of nitro groups is 1. The molecule has 0 fully saturated rings. The Labute approximate surface area is 121 Å². The molecule has 0 unspecified atom stereocenters. The molecule has 2 aromatic carbocycles. The number of nitro benzene ring substituents is 1. The van der Waals surface area contributed by atoms with Crippen LogP contribution in [0.2, 0.25) is 0 Å². The molecule has 0 atom stereocenters. The Hall–Kier alpha value is -2.47. The predicted molar refractivity (Wildman–Crippen MR) is 77.1 cm³/mol. The normalized spacial score (nSPS) is 10.4. The Morgan fingerprint density at radius 2 is 2.05 bits per heavy atom. The summed E-state index contributed by atoms with van der Waals surface area (Å²) in [7, 11) is 1.75. The fraction of sp³-hybridized carbons (Fsp3) is 0.200. The van der Waals surface area contributed by atoms with E-state index in [1.54, 1.807) is 26.1 Å².